The molecule has 0 aromatic carbocycles. The first-order valence-corrected chi connectivity index (χ1v) is 8.43. The molecule has 0 spiro atoms. The second-order valence-corrected chi connectivity index (χ2v) is 6.73. The zero-order valence-electron chi connectivity index (χ0n) is 11.3. The van der Waals surface area contributed by atoms with Gasteiger partial charge in [-0.15, -0.1) is 0 Å². The number of carboxylic acids is 1. The molecule has 3 nitrogen and oxygen atoms in total. The Balaban J connectivity index is 2.04. The Hall–Kier alpha value is -0.220. The smallest absolute Gasteiger partial charge is 0.304 e. The van der Waals surface area contributed by atoms with Crippen LogP contribution in [0.5, 0.6) is 0 Å². The highest BCUT2D eigenvalue weighted by Gasteiger charge is 2.35. The molecule has 3 atom stereocenters. The van der Waals surface area contributed by atoms with Gasteiger partial charge in [-0.1, -0.05) is 26.2 Å². The highest BCUT2D eigenvalue weighted by atomic mass is 32.2. The van der Waals surface area contributed by atoms with Crippen LogP contribution in [0.25, 0.3) is 0 Å². The summed E-state index contributed by atoms with van der Waals surface area (Å²) in [7, 11) is 0. The number of rotatable bonds is 4. The predicted octanol–water partition coefficient (Wildman–Crippen LogP) is 2.85. The van der Waals surface area contributed by atoms with E-state index >= 15 is 0 Å². The van der Waals surface area contributed by atoms with Crippen LogP contribution in [-0.4, -0.2) is 46.1 Å². The van der Waals surface area contributed by atoms with Crippen molar-refractivity contribution in [3.8, 4) is 0 Å². The molecule has 1 N–H and O–H groups in total. The number of hydrogen-bond donors (Lipinski definition) is 1. The largest absolute Gasteiger partial charge is 0.481 e. The monoisotopic (exact) mass is 271 g/mol. The Bertz CT molecular complexity index is 285. The van der Waals surface area contributed by atoms with Crippen LogP contribution in [0.15, 0.2) is 0 Å². The van der Waals surface area contributed by atoms with Crippen molar-refractivity contribution in [3.63, 3.8) is 0 Å². The number of carboxylic acid groups (broad SMARTS) is 1. The summed E-state index contributed by atoms with van der Waals surface area (Å²) >= 11 is 1.92. The predicted molar refractivity (Wildman–Crippen MR) is 76.1 cm³/mol. The minimum absolute atomic E-state index is 0.262. The molecule has 104 valence electrons. The lowest BCUT2D eigenvalue weighted by atomic mass is 9.81. The molecule has 1 saturated heterocycles. The van der Waals surface area contributed by atoms with Crippen molar-refractivity contribution in [2.24, 2.45) is 5.92 Å². The summed E-state index contributed by atoms with van der Waals surface area (Å²) in [6.07, 6.45) is 6.86. The van der Waals surface area contributed by atoms with Crippen molar-refractivity contribution < 1.29 is 9.90 Å². The first-order chi connectivity index (χ1) is 8.72. The van der Waals surface area contributed by atoms with Gasteiger partial charge in [0.15, 0.2) is 0 Å². The van der Waals surface area contributed by atoms with Gasteiger partial charge >= 0.3 is 5.97 Å². The van der Waals surface area contributed by atoms with Crippen LogP contribution in [-0.2, 0) is 4.79 Å². The molecule has 0 amide bonds. The minimum atomic E-state index is -0.642. The van der Waals surface area contributed by atoms with Crippen molar-refractivity contribution in [1.82, 2.24) is 4.90 Å². The Morgan fingerprint density at radius 3 is 2.89 bits per heavy atom. The molecule has 1 aliphatic carbocycles. The molecule has 1 saturated carbocycles. The van der Waals surface area contributed by atoms with Crippen molar-refractivity contribution in [2.75, 3.05) is 18.1 Å². The topological polar surface area (TPSA) is 40.5 Å². The third-order valence-electron chi connectivity index (χ3n) is 4.50. The number of nitrogens with zero attached hydrogens (tertiary/aromatic N) is 1. The SMILES string of the molecule is CCC1CCCCC1N1CCSCC1CC(=O)O. The lowest BCUT2D eigenvalue weighted by Crippen LogP contribution is -2.52. The first kappa shape index (κ1) is 14.2. The molecule has 0 aromatic heterocycles. The minimum Gasteiger partial charge on any atom is -0.481 e. The fraction of sp³-hybridized carbons (Fsp3) is 0.929. The van der Waals surface area contributed by atoms with Gasteiger partial charge in [0.2, 0.25) is 0 Å². The van der Waals surface area contributed by atoms with Crippen molar-refractivity contribution in [2.45, 2.75) is 57.5 Å². The van der Waals surface area contributed by atoms with Crippen molar-refractivity contribution in [1.29, 1.82) is 0 Å². The summed E-state index contributed by atoms with van der Waals surface area (Å²) in [5, 5.41) is 9.07. The molecule has 2 aliphatic rings. The molecule has 0 bridgehead atoms. The second-order valence-electron chi connectivity index (χ2n) is 5.58. The molecule has 0 aromatic rings. The standard InChI is InChI=1S/C14H25NO2S/c1-2-11-5-3-4-6-13(11)15-7-8-18-10-12(15)9-14(16)17/h11-13H,2-10H2,1H3,(H,16,17). The summed E-state index contributed by atoms with van der Waals surface area (Å²) < 4.78 is 0. The third kappa shape index (κ3) is 3.41. The average molecular weight is 271 g/mol. The van der Waals surface area contributed by atoms with E-state index in [1.807, 2.05) is 11.8 Å². The van der Waals surface area contributed by atoms with E-state index in [4.69, 9.17) is 5.11 Å². The van der Waals surface area contributed by atoms with E-state index in [0.29, 0.717) is 12.5 Å². The summed E-state index contributed by atoms with van der Waals surface area (Å²) in [6, 6.07) is 0.910. The van der Waals surface area contributed by atoms with Gasteiger partial charge in [-0.05, 0) is 18.8 Å². The highest BCUT2D eigenvalue weighted by molar-refractivity contribution is 7.99. The maximum absolute atomic E-state index is 11.0. The Labute approximate surface area is 114 Å². The molecular weight excluding hydrogens is 246 g/mol. The maximum Gasteiger partial charge on any atom is 0.304 e. The number of carbonyl (C=O) groups is 1. The van der Waals surface area contributed by atoms with Gasteiger partial charge in [-0.25, -0.2) is 0 Å². The van der Waals surface area contributed by atoms with E-state index in [1.54, 1.807) is 0 Å². The van der Waals surface area contributed by atoms with E-state index in [2.05, 4.69) is 11.8 Å². The molecule has 1 aliphatic heterocycles. The van der Waals surface area contributed by atoms with E-state index < -0.39 is 5.97 Å². The van der Waals surface area contributed by atoms with Gasteiger partial charge in [0.25, 0.3) is 0 Å². The Morgan fingerprint density at radius 2 is 2.17 bits per heavy atom. The van der Waals surface area contributed by atoms with Crippen molar-refractivity contribution >= 4 is 17.7 Å². The fourth-order valence-electron chi connectivity index (χ4n) is 3.58. The molecule has 18 heavy (non-hydrogen) atoms. The van der Waals surface area contributed by atoms with Crippen LogP contribution in [0, 0.1) is 5.92 Å². The molecule has 2 rings (SSSR count). The summed E-state index contributed by atoms with van der Waals surface area (Å²) in [4.78, 5) is 13.6. The Morgan fingerprint density at radius 1 is 1.39 bits per heavy atom. The molecule has 2 fully saturated rings. The third-order valence-corrected chi connectivity index (χ3v) is 5.59. The zero-order valence-corrected chi connectivity index (χ0v) is 12.1. The number of thioether (sulfide) groups is 1. The fourth-order valence-corrected chi connectivity index (χ4v) is 4.67. The van der Waals surface area contributed by atoms with Crippen molar-refractivity contribution in [3.05, 3.63) is 0 Å². The van der Waals surface area contributed by atoms with Crippen LogP contribution in [0.1, 0.15) is 45.4 Å². The lowest BCUT2D eigenvalue weighted by molar-refractivity contribution is -0.138. The van der Waals surface area contributed by atoms with E-state index in [-0.39, 0.29) is 6.04 Å². The van der Waals surface area contributed by atoms with Gasteiger partial charge in [0, 0.05) is 30.1 Å². The van der Waals surface area contributed by atoms with Crippen LogP contribution >= 0.6 is 11.8 Å². The Kier molecular flexibility index (Phi) is 5.37. The lowest BCUT2D eigenvalue weighted by Gasteiger charge is -2.45. The zero-order chi connectivity index (χ0) is 13.0. The maximum atomic E-state index is 11.0. The van der Waals surface area contributed by atoms with Gasteiger partial charge in [-0.3, -0.25) is 9.69 Å². The van der Waals surface area contributed by atoms with E-state index in [0.717, 1.165) is 18.2 Å². The van der Waals surface area contributed by atoms with E-state index in [1.165, 1.54) is 37.9 Å². The molecule has 1 heterocycles. The second kappa shape index (κ2) is 6.80. The first-order valence-electron chi connectivity index (χ1n) is 7.27. The summed E-state index contributed by atoms with van der Waals surface area (Å²) in [6.45, 7) is 3.37. The van der Waals surface area contributed by atoms with E-state index in [9.17, 15) is 4.79 Å². The van der Waals surface area contributed by atoms with Crippen LogP contribution in [0.2, 0.25) is 0 Å². The van der Waals surface area contributed by atoms with Crippen LogP contribution < -0.4 is 0 Å². The number of aliphatic carboxylic acids is 1. The van der Waals surface area contributed by atoms with Gasteiger partial charge < -0.3 is 5.11 Å². The molecule has 3 unspecified atom stereocenters. The van der Waals surface area contributed by atoms with Crippen LogP contribution in [0.4, 0.5) is 0 Å². The van der Waals surface area contributed by atoms with Gasteiger partial charge in [0.1, 0.15) is 0 Å². The van der Waals surface area contributed by atoms with Gasteiger partial charge in [0.05, 0.1) is 6.42 Å². The molecule has 4 heteroatoms. The molecule has 0 radical (unpaired) electrons. The molecular formula is C14H25NO2S. The van der Waals surface area contributed by atoms with Crippen LogP contribution in [0.3, 0.4) is 0 Å². The quantitative estimate of drug-likeness (QED) is 0.853. The van der Waals surface area contributed by atoms with Gasteiger partial charge in [-0.2, -0.15) is 11.8 Å². The summed E-state index contributed by atoms with van der Waals surface area (Å²) in [5.41, 5.74) is 0. The number of hydrogen-bond acceptors (Lipinski definition) is 3. The normalized spacial score (nSPS) is 34.4. The highest BCUT2D eigenvalue weighted by Crippen LogP contribution is 2.34. The average Bonchev–Trinajstić information content (AvgIpc) is 2.39. The summed E-state index contributed by atoms with van der Waals surface area (Å²) in [5.74, 6) is 2.32.